The Morgan fingerprint density at radius 3 is 1.97 bits per heavy atom. The Morgan fingerprint density at radius 2 is 1.32 bits per heavy atom. The number of rotatable bonds is 8. The SMILES string of the molecule is CC(=O)N[C@H]1[C@H]2O[C@H]3[C@H](OC[C@H]4O[C@H](O[C@@H]5[C@@H](O)[C@H](C)O[C@@H](O[C@H]1[C@H](O)[C@@H](CO[C@H]1O[C@H](CO)[C@@H](O)[C@H](O)[C@H]1O)O2)[C@@H]5OC(C)=O)[C@H](O)[C@@H](O)[C@@H]4O)O[C@@H]([C@H](O)CO)[C@@H]3O. The topological polar surface area (TPSA) is 390 Å². The number of carbonyl (C=O) groups is 2. The van der Waals surface area contributed by atoms with Gasteiger partial charge in [0, 0.05) is 13.8 Å². The number of ether oxygens (including phenoxy) is 11. The van der Waals surface area contributed by atoms with Crippen LogP contribution in [0.3, 0.4) is 0 Å². The minimum Gasteiger partial charge on any atom is -0.454 e. The van der Waals surface area contributed by atoms with Gasteiger partial charge in [-0.25, -0.2) is 0 Å². The first-order valence-corrected chi connectivity index (χ1v) is 19.3. The van der Waals surface area contributed by atoms with Gasteiger partial charge >= 0.3 is 5.97 Å². The van der Waals surface area contributed by atoms with Crippen LogP contribution in [0.2, 0.25) is 0 Å². The lowest BCUT2D eigenvalue weighted by Gasteiger charge is -2.50. The highest BCUT2D eigenvalue weighted by Crippen LogP contribution is 2.37. The smallest absolute Gasteiger partial charge is 0.303 e. The second kappa shape index (κ2) is 19.8. The molecule has 6 bridgehead atoms. The van der Waals surface area contributed by atoms with Gasteiger partial charge < -0.3 is 119 Å². The number of amides is 1. The van der Waals surface area contributed by atoms with E-state index in [-0.39, 0.29) is 0 Å². The van der Waals surface area contributed by atoms with E-state index < -0.39 is 192 Å². The first kappa shape index (κ1) is 47.5. The van der Waals surface area contributed by atoms with Gasteiger partial charge in [0.2, 0.25) is 5.91 Å². The summed E-state index contributed by atoms with van der Waals surface area (Å²) in [6.07, 6.45) is -41.9. The quantitative estimate of drug-likeness (QED) is 0.101. The van der Waals surface area contributed by atoms with E-state index in [1.807, 2.05) is 0 Å². The van der Waals surface area contributed by atoms with Gasteiger partial charge in [-0.05, 0) is 6.92 Å². The van der Waals surface area contributed by atoms with Crippen LogP contribution < -0.4 is 5.32 Å². The normalized spacial score (nSPS) is 50.6. The second-order valence-electron chi connectivity index (χ2n) is 15.4. The third-order valence-electron chi connectivity index (χ3n) is 11.1. The van der Waals surface area contributed by atoms with Crippen LogP contribution in [0.1, 0.15) is 20.8 Å². The molecule has 6 aliphatic heterocycles. The fraction of sp³-hybridized carbons (Fsp3) is 0.941. The standard InChI is InChI=1S/C34H55NO25/c1-8-16(41)27-29(53-10(3)39)34(52-8)58-26-15(35-9(2)38)30(55-14(19(26)44)7-50-31-22(47)20(45)17(42)12(5-37)54-31)60-28-24(49)25(11(40)4-36)57-33(28)51-6-13-18(43)21(46)23(48)32(56-13)59-27/h8,11-34,36-37,40-49H,4-7H2,1-3H3,(H,35,38)/t8-,11+,12+,13+,14+,15+,16-,17+,18+,19+,20-,21-,22+,23+,24-,25-,26+,27+,28+,29+,30+,31-,32+,33+,34-/m0/s1. The average Bonchev–Trinajstić information content (AvgIpc) is 3.51. The summed E-state index contributed by atoms with van der Waals surface area (Å²) >= 11 is 0. The summed E-state index contributed by atoms with van der Waals surface area (Å²) in [6, 6.07) is -1.62. The molecule has 26 nitrogen and oxygen atoms in total. The van der Waals surface area contributed by atoms with Gasteiger partial charge in [0.15, 0.2) is 37.6 Å². The molecule has 346 valence electrons. The molecule has 0 aliphatic carbocycles. The largest absolute Gasteiger partial charge is 0.454 e. The molecule has 0 radical (unpaired) electrons. The van der Waals surface area contributed by atoms with Crippen LogP contribution in [0.5, 0.6) is 0 Å². The first-order valence-electron chi connectivity index (χ1n) is 19.3. The molecular weight excluding hydrogens is 822 g/mol. The van der Waals surface area contributed by atoms with Crippen LogP contribution in [-0.4, -0.2) is 253 Å². The molecule has 6 aliphatic rings. The number of aliphatic hydroxyl groups excluding tert-OH is 12. The van der Waals surface area contributed by atoms with Crippen molar-refractivity contribution in [2.75, 3.05) is 26.4 Å². The van der Waals surface area contributed by atoms with E-state index in [2.05, 4.69) is 5.32 Å². The van der Waals surface area contributed by atoms with E-state index in [1.165, 1.54) is 6.92 Å². The highest BCUT2D eigenvalue weighted by Gasteiger charge is 2.58. The fourth-order valence-corrected chi connectivity index (χ4v) is 7.87. The molecule has 0 aromatic heterocycles. The van der Waals surface area contributed by atoms with E-state index in [0.29, 0.717) is 0 Å². The molecular formula is C34H55NO25. The van der Waals surface area contributed by atoms with Crippen molar-refractivity contribution in [3.8, 4) is 0 Å². The molecule has 6 saturated heterocycles. The Labute approximate surface area is 340 Å². The Kier molecular flexibility index (Phi) is 15.7. The molecule has 25 atom stereocenters. The van der Waals surface area contributed by atoms with Crippen LogP contribution in [0, 0.1) is 0 Å². The molecule has 0 spiro atoms. The predicted octanol–water partition coefficient (Wildman–Crippen LogP) is -9.14. The minimum atomic E-state index is -1.99. The Balaban J connectivity index is 1.42. The Hall–Kier alpha value is -1.94. The molecule has 1 amide bonds. The van der Waals surface area contributed by atoms with Gasteiger partial charge in [0.05, 0.1) is 32.5 Å². The Morgan fingerprint density at radius 1 is 0.650 bits per heavy atom. The molecule has 6 rings (SSSR count). The van der Waals surface area contributed by atoms with E-state index in [1.54, 1.807) is 0 Å². The van der Waals surface area contributed by atoms with Gasteiger partial charge in [-0.3, -0.25) is 9.59 Å². The summed E-state index contributed by atoms with van der Waals surface area (Å²) in [4.78, 5) is 25.3. The first-order chi connectivity index (χ1) is 28.4. The number of aliphatic hydroxyl groups is 12. The van der Waals surface area contributed by atoms with Crippen molar-refractivity contribution in [1.29, 1.82) is 0 Å². The average molecular weight is 878 g/mol. The molecule has 13 N–H and O–H groups in total. The lowest BCUT2D eigenvalue weighted by Crippen LogP contribution is -2.69. The lowest BCUT2D eigenvalue weighted by molar-refractivity contribution is -0.381. The molecule has 26 heteroatoms. The van der Waals surface area contributed by atoms with Gasteiger partial charge in [-0.1, -0.05) is 0 Å². The number of nitrogens with one attached hydrogen (secondary N) is 1. The number of hydrogen-bond donors (Lipinski definition) is 13. The number of esters is 1. The van der Waals surface area contributed by atoms with Crippen molar-refractivity contribution < 1.29 is 123 Å². The Bertz CT molecular complexity index is 1430. The third kappa shape index (κ3) is 9.75. The van der Waals surface area contributed by atoms with Crippen molar-refractivity contribution >= 4 is 11.9 Å². The van der Waals surface area contributed by atoms with Gasteiger partial charge in [-0.2, -0.15) is 0 Å². The summed E-state index contributed by atoms with van der Waals surface area (Å²) in [7, 11) is 0. The van der Waals surface area contributed by atoms with Crippen molar-refractivity contribution in [2.45, 2.75) is 174 Å². The summed E-state index contributed by atoms with van der Waals surface area (Å²) in [5.74, 6) is -1.72. The van der Waals surface area contributed by atoms with Crippen molar-refractivity contribution in [1.82, 2.24) is 5.32 Å². The van der Waals surface area contributed by atoms with Crippen molar-refractivity contribution in [2.24, 2.45) is 0 Å². The second-order valence-corrected chi connectivity index (χ2v) is 15.4. The molecule has 0 aromatic carbocycles. The van der Waals surface area contributed by atoms with Crippen LogP contribution >= 0.6 is 0 Å². The zero-order valence-corrected chi connectivity index (χ0v) is 32.4. The van der Waals surface area contributed by atoms with Crippen LogP contribution in [-0.2, 0) is 61.7 Å². The van der Waals surface area contributed by atoms with Gasteiger partial charge in [-0.15, -0.1) is 0 Å². The van der Waals surface area contributed by atoms with Gasteiger partial charge in [0.1, 0.15) is 110 Å². The number of hydrogen-bond acceptors (Lipinski definition) is 25. The number of carbonyl (C=O) groups excluding carboxylic acids is 2. The van der Waals surface area contributed by atoms with Crippen LogP contribution in [0.15, 0.2) is 0 Å². The summed E-state index contributed by atoms with van der Waals surface area (Å²) in [6.45, 7) is 0.250. The fourth-order valence-electron chi connectivity index (χ4n) is 7.87. The highest BCUT2D eigenvalue weighted by atomic mass is 16.8. The van der Waals surface area contributed by atoms with E-state index in [4.69, 9.17) is 52.1 Å². The maximum absolute atomic E-state index is 12.8. The highest BCUT2D eigenvalue weighted by molar-refractivity contribution is 5.73. The lowest BCUT2D eigenvalue weighted by atomic mass is 9.94. The third-order valence-corrected chi connectivity index (χ3v) is 11.1. The van der Waals surface area contributed by atoms with E-state index >= 15 is 0 Å². The van der Waals surface area contributed by atoms with Crippen molar-refractivity contribution in [3.63, 3.8) is 0 Å². The summed E-state index contributed by atoms with van der Waals surface area (Å²) in [5.41, 5.74) is 0. The van der Waals surface area contributed by atoms with Crippen LogP contribution in [0.4, 0.5) is 0 Å². The monoisotopic (exact) mass is 877 g/mol. The molecule has 6 fully saturated rings. The van der Waals surface area contributed by atoms with Crippen LogP contribution in [0.25, 0.3) is 0 Å². The summed E-state index contributed by atoms with van der Waals surface area (Å²) in [5, 5.41) is 131. The number of fused-ring (bicyclic) bond motifs is 7. The van der Waals surface area contributed by atoms with Crippen molar-refractivity contribution in [3.05, 3.63) is 0 Å². The van der Waals surface area contributed by atoms with Gasteiger partial charge in [0.25, 0.3) is 0 Å². The maximum Gasteiger partial charge on any atom is 0.303 e. The molecule has 60 heavy (non-hydrogen) atoms. The molecule has 6 heterocycles. The zero-order chi connectivity index (χ0) is 43.9. The maximum atomic E-state index is 12.8. The molecule has 0 saturated carbocycles. The molecule has 0 unspecified atom stereocenters. The van der Waals surface area contributed by atoms with E-state index in [9.17, 15) is 70.9 Å². The predicted molar refractivity (Wildman–Crippen MR) is 183 cm³/mol. The van der Waals surface area contributed by atoms with E-state index in [0.717, 1.165) is 13.8 Å². The zero-order valence-electron chi connectivity index (χ0n) is 32.4. The molecule has 0 aromatic rings. The minimum absolute atomic E-state index is 0.715. The summed E-state index contributed by atoms with van der Waals surface area (Å²) < 4.78 is 64.4.